The number of benzene rings is 1. The van der Waals surface area contributed by atoms with Gasteiger partial charge in [0.2, 0.25) is 0 Å². The zero-order valence-electron chi connectivity index (χ0n) is 10.6. The van der Waals surface area contributed by atoms with Crippen LogP contribution in [0.15, 0.2) is 6.07 Å². The minimum atomic E-state index is 0.224. The van der Waals surface area contributed by atoms with E-state index in [9.17, 15) is 5.11 Å². The molecule has 100 valence electrons. The normalized spacial score (nSPS) is 22.4. The van der Waals surface area contributed by atoms with Crippen molar-refractivity contribution in [3.05, 3.63) is 21.7 Å². The SMILES string of the molecule is CCC1CC(CNC)c2c(O)cc(Cl)c(Cl)c2N1. The standard InChI is InChI=1S/C13H18Cl2N2O/c1-3-8-4-7(6-16-2)11-10(18)5-9(14)12(15)13(11)17-8/h5,7-8,16-18H,3-4,6H2,1-2H3. The Morgan fingerprint density at radius 2 is 2.22 bits per heavy atom. The molecular formula is C13H18Cl2N2O. The Labute approximate surface area is 117 Å². The number of likely N-dealkylation sites (N-methyl/N-ethyl adjacent to an activating group) is 1. The van der Waals surface area contributed by atoms with Gasteiger partial charge in [-0.15, -0.1) is 0 Å². The van der Waals surface area contributed by atoms with Crippen LogP contribution in [0.1, 0.15) is 31.2 Å². The number of aromatic hydroxyl groups is 1. The van der Waals surface area contributed by atoms with Gasteiger partial charge in [0.15, 0.2) is 0 Å². The highest BCUT2D eigenvalue weighted by Gasteiger charge is 2.30. The van der Waals surface area contributed by atoms with Gasteiger partial charge in [0.05, 0.1) is 15.7 Å². The van der Waals surface area contributed by atoms with Crippen LogP contribution >= 0.6 is 23.2 Å². The maximum Gasteiger partial charge on any atom is 0.122 e. The number of hydrogen-bond acceptors (Lipinski definition) is 3. The van der Waals surface area contributed by atoms with Crippen molar-refractivity contribution in [3.63, 3.8) is 0 Å². The molecule has 0 saturated carbocycles. The molecule has 3 nitrogen and oxygen atoms in total. The van der Waals surface area contributed by atoms with Crippen LogP contribution in [0.25, 0.3) is 0 Å². The van der Waals surface area contributed by atoms with Gasteiger partial charge >= 0.3 is 0 Å². The predicted molar refractivity (Wildman–Crippen MR) is 77.1 cm³/mol. The molecule has 1 aromatic carbocycles. The molecule has 2 unspecified atom stereocenters. The van der Waals surface area contributed by atoms with Gasteiger partial charge in [0.1, 0.15) is 5.75 Å². The Hall–Kier alpha value is -0.640. The number of halogens is 2. The molecule has 0 spiro atoms. The minimum absolute atomic E-state index is 0.224. The van der Waals surface area contributed by atoms with E-state index < -0.39 is 0 Å². The second-order valence-electron chi connectivity index (χ2n) is 4.72. The van der Waals surface area contributed by atoms with E-state index >= 15 is 0 Å². The third-order valence-electron chi connectivity index (χ3n) is 3.51. The quantitative estimate of drug-likeness (QED) is 0.796. The summed E-state index contributed by atoms with van der Waals surface area (Å²) in [5, 5.41) is 17.5. The van der Waals surface area contributed by atoms with Crippen molar-refractivity contribution >= 4 is 28.9 Å². The second-order valence-corrected chi connectivity index (χ2v) is 5.51. The van der Waals surface area contributed by atoms with E-state index in [1.807, 2.05) is 7.05 Å². The maximum absolute atomic E-state index is 10.1. The monoisotopic (exact) mass is 288 g/mol. The van der Waals surface area contributed by atoms with Crippen LogP contribution in [0.4, 0.5) is 5.69 Å². The number of phenols is 1. The lowest BCUT2D eigenvalue weighted by molar-refractivity contribution is 0.439. The summed E-state index contributed by atoms with van der Waals surface area (Å²) in [5.41, 5.74) is 1.67. The third kappa shape index (κ3) is 2.40. The fourth-order valence-corrected chi connectivity index (χ4v) is 3.01. The van der Waals surface area contributed by atoms with E-state index in [-0.39, 0.29) is 11.7 Å². The van der Waals surface area contributed by atoms with Crippen molar-refractivity contribution in [1.29, 1.82) is 0 Å². The van der Waals surface area contributed by atoms with Crippen molar-refractivity contribution in [2.45, 2.75) is 31.7 Å². The summed E-state index contributed by atoms with van der Waals surface area (Å²) in [6.45, 7) is 2.95. The molecule has 3 N–H and O–H groups in total. The molecular weight excluding hydrogens is 271 g/mol. The summed E-state index contributed by atoms with van der Waals surface area (Å²) in [7, 11) is 1.91. The van der Waals surface area contributed by atoms with Gasteiger partial charge in [-0.1, -0.05) is 30.1 Å². The Balaban J connectivity index is 2.51. The first-order valence-corrected chi connectivity index (χ1v) is 6.96. The molecule has 1 aromatic rings. The predicted octanol–water partition coefficient (Wildman–Crippen LogP) is 3.60. The highest BCUT2D eigenvalue weighted by molar-refractivity contribution is 6.44. The highest BCUT2D eigenvalue weighted by atomic mass is 35.5. The topological polar surface area (TPSA) is 44.3 Å². The summed E-state index contributed by atoms with van der Waals surface area (Å²) in [4.78, 5) is 0. The number of anilines is 1. The van der Waals surface area contributed by atoms with Crippen molar-refractivity contribution in [2.24, 2.45) is 0 Å². The molecule has 1 heterocycles. The number of phenolic OH excluding ortho intramolecular Hbond substituents is 1. The van der Waals surface area contributed by atoms with Crippen LogP contribution in [0.3, 0.4) is 0 Å². The summed E-state index contributed by atoms with van der Waals surface area (Å²) in [6.07, 6.45) is 2.00. The lowest BCUT2D eigenvalue weighted by Gasteiger charge is -2.34. The molecule has 18 heavy (non-hydrogen) atoms. The first-order chi connectivity index (χ1) is 8.58. The lowest BCUT2D eigenvalue weighted by Crippen LogP contribution is -2.32. The summed E-state index contributed by atoms with van der Waals surface area (Å²) in [5.74, 6) is 0.479. The summed E-state index contributed by atoms with van der Waals surface area (Å²) in [6, 6.07) is 1.89. The Morgan fingerprint density at radius 1 is 1.50 bits per heavy atom. The van der Waals surface area contributed by atoms with Gasteiger partial charge in [-0.3, -0.25) is 0 Å². The van der Waals surface area contributed by atoms with Gasteiger partial charge in [0, 0.05) is 30.1 Å². The maximum atomic E-state index is 10.1. The van der Waals surface area contributed by atoms with Crippen LogP contribution in [-0.2, 0) is 0 Å². The fourth-order valence-electron chi connectivity index (χ4n) is 2.61. The first kappa shape index (κ1) is 13.8. The van der Waals surface area contributed by atoms with Crippen molar-refractivity contribution in [1.82, 2.24) is 5.32 Å². The Kier molecular flexibility index (Phi) is 4.25. The number of rotatable bonds is 3. The molecule has 5 heteroatoms. The molecule has 2 rings (SSSR count). The molecule has 2 atom stereocenters. The van der Waals surface area contributed by atoms with Crippen LogP contribution in [0, 0.1) is 0 Å². The lowest BCUT2D eigenvalue weighted by atomic mass is 9.85. The molecule has 0 bridgehead atoms. The smallest absolute Gasteiger partial charge is 0.122 e. The van der Waals surface area contributed by atoms with Gasteiger partial charge in [-0.25, -0.2) is 0 Å². The summed E-state index contributed by atoms with van der Waals surface area (Å²) < 4.78 is 0. The molecule has 0 aromatic heterocycles. The molecule has 0 radical (unpaired) electrons. The first-order valence-electron chi connectivity index (χ1n) is 6.20. The Morgan fingerprint density at radius 3 is 2.83 bits per heavy atom. The van der Waals surface area contributed by atoms with Crippen LogP contribution in [0.5, 0.6) is 5.75 Å². The zero-order chi connectivity index (χ0) is 13.3. The number of fused-ring (bicyclic) bond motifs is 1. The largest absolute Gasteiger partial charge is 0.508 e. The van der Waals surface area contributed by atoms with E-state index in [1.165, 1.54) is 6.07 Å². The van der Waals surface area contributed by atoms with Gasteiger partial charge < -0.3 is 15.7 Å². The molecule has 1 aliphatic heterocycles. The van der Waals surface area contributed by atoms with Crippen LogP contribution in [0.2, 0.25) is 10.0 Å². The van der Waals surface area contributed by atoms with Gasteiger partial charge in [0.25, 0.3) is 0 Å². The van der Waals surface area contributed by atoms with Crippen molar-refractivity contribution in [2.75, 3.05) is 18.9 Å². The van der Waals surface area contributed by atoms with Gasteiger partial charge in [-0.2, -0.15) is 0 Å². The van der Waals surface area contributed by atoms with Gasteiger partial charge in [-0.05, 0) is 19.9 Å². The minimum Gasteiger partial charge on any atom is -0.508 e. The number of hydrogen-bond donors (Lipinski definition) is 3. The van der Waals surface area contributed by atoms with E-state index in [1.54, 1.807) is 0 Å². The van der Waals surface area contributed by atoms with E-state index in [4.69, 9.17) is 23.2 Å². The van der Waals surface area contributed by atoms with Crippen LogP contribution < -0.4 is 10.6 Å². The van der Waals surface area contributed by atoms with E-state index in [0.29, 0.717) is 16.1 Å². The summed E-state index contributed by atoms with van der Waals surface area (Å²) >= 11 is 12.3. The average Bonchev–Trinajstić information content (AvgIpc) is 2.35. The number of nitrogens with one attached hydrogen (secondary N) is 2. The molecule has 0 fully saturated rings. The van der Waals surface area contributed by atoms with Crippen molar-refractivity contribution < 1.29 is 5.11 Å². The molecule has 0 saturated heterocycles. The van der Waals surface area contributed by atoms with E-state index in [2.05, 4.69) is 17.6 Å². The second kappa shape index (κ2) is 5.55. The van der Waals surface area contributed by atoms with Crippen LogP contribution in [-0.4, -0.2) is 24.7 Å². The highest BCUT2D eigenvalue weighted by Crippen LogP contribution is 2.47. The average molecular weight is 289 g/mol. The Bertz CT molecular complexity index is 451. The molecule has 0 amide bonds. The van der Waals surface area contributed by atoms with Crippen molar-refractivity contribution in [3.8, 4) is 5.75 Å². The third-order valence-corrected chi connectivity index (χ3v) is 4.29. The van der Waals surface area contributed by atoms with E-state index in [0.717, 1.165) is 30.6 Å². The molecule has 1 aliphatic rings. The molecule has 0 aliphatic carbocycles. The fraction of sp³-hybridized carbons (Fsp3) is 0.538. The zero-order valence-corrected chi connectivity index (χ0v) is 12.1.